The van der Waals surface area contributed by atoms with Gasteiger partial charge in [-0.15, -0.1) is 0 Å². The number of nitrogens with one attached hydrogen (secondary N) is 1. The minimum absolute atomic E-state index is 0.472. The molecule has 3 N–H and O–H groups in total. The third kappa shape index (κ3) is 2.70. The van der Waals surface area contributed by atoms with Crippen molar-refractivity contribution >= 4 is 5.82 Å². The molecule has 5 heteroatoms. The molecule has 0 radical (unpaired) electrons. The van der Waals surface area contributed by atoms with Crippen molar-refractivity contribution in [3.63, 3.8) is 0 Å². The Morgan fingerprint density at radius 3 is 2.65 bits per heavy atom. The van der Waals surface area contributed by atoms with E-state index in [1.165, 1.54) is 0 Å². The highest BCUT2D eigenvalue weighted by Gasteiger charge is 2.04. The number of aryl methyl sites for hydroxylation is 2. The molecule has 17 heavy (non-hydrogen) atoms. The largest absolute Gasteiger partial charge is 0.439 e. The minimum atomic E-state index is 0.472. The number of nitrogens with two attached hydrogens (primary N) is 1. The average Bonchev–Trinajstić information content (AvgIpc) is 2.31. The van der Waals surface area contributed by atoms with Crippen LogP contribution in [0.3, 0.4) is 0 Å². The van der Waals surface area contributed by atoms with Crippen molar-refractivity contribution in [3.8, 4) is 11.6 Å². The second kappa shape index (κ2) is 4.80. The van der Waals surface area contributed by atoms with Crippen LogP contribution in [0.5, 0.6) is 11.6 Å². The summed E-state index contributed by atoms with van der Waals surface area (Å²) in [6.45, 7) is 3.76. The van der Waals surface area contributed by atoms with E-state index in [9.17, 15) is 0 Å². The summed E-state index contributed by atoms with van der Waals surface area (Å²) in [4.78, 5) is 8.28. The molecule has 0 aliphatic heterocycles. The molecule has 0 atom stereocenters. The van der Waals surface area contributed by atoms with Crippen LogP contribution < -0.4 is 16.0 Å². The molecular formula is C12H14N4O. The summed E-state index contributed by atoms with van der Waals surface area (Å²) >= 11 is 0. The highest BCUT2D eigenvalue weighted by atomic mass is 16.5. The maximum Gasteiger partial charge on any atom is 0.224 e. The molecule has 0 fully saturated rings. The molecule has 0 aliphatic carbocycles. The first-order valence-electron chi connectivity index (χ1n) is 5.25. The van der Waals surface area contributed by atoms with Gasteiger partial charge in [0.05, 0.1) is 0 Å². The number of aromatic nitrogens is 2. The Morgan fingerprint density at radius 1 is 1.18 bits per heavy atom. The predicted molar refractivity (Wildman–Crippen MR) is 65.8 cm³/mol. The number of hydrazine groups is 1. The maximum atomic E-state index is 5.69. The van der Waals surface area contributed by atoms with Gasteiger partial charge in [-0.25, -0.2) is 10.8 Å². The Balaban J connectivity index is 2.30. The lowest BCUT2D eigenvalue weighted by atomic mass is 10.2. The monoisotopic (exact) mass is 230 g/mol. The summed E-state index contributed by atoms with van der Waals surface area (Å²) in [7, 11) is 0. The van der Waals surface area contributed by atoms with Gasteiger partial charge >= 0.3 is 0 Å². The molecule has 0 unspecified atom stereocenters. The van der Waals surface area contributed by atoms with E-state index in [0.717, 1.165) is 11.3 Å². The van der Waals surface area contributed by atoms with Crippen LogP contribution in [0.2, 0.25) is 0 Å². The molecule has 0 bridgehead atoms. The molecule has 1 heterocycles. The minimum Gasteiger partial charge on any atom is -0.439 e. The normalized spacial score (nSPS) is 10.1. The van der Waals surface area contributed by atoms with E-state index in [-0.39, 0.29) is 0 Å². The molecule has 0 amide bonds. The SMILES string of the molecule is Cc1nc(NN)cc(Oc2ccccc2C)n1. The molecule has 0 saturated heterocycles. The first-order chi connectivity index (χ1) is 8.19. The second-order valence-corrected chi connectivity index (χ2v) is 3.65. The van der Waals surface area contributed by atoms with E-state index in [4.69, 9.17) is 10.6 Å². The number of hydrogen-bond acceptors (Lipinski definition) is 5. The molecule has 5 nitrogen and oxygen atoms in total. The van der Waals surface area contributed by atoms with E-state index in [2.05, 4.69) is 15.4 Å². The van der Waals surface area contributed by atoms with Gasteiger partial charge in [0.15, 0.2) is 0 Å². The number of benzene rings is 1. The third-order valence-corrected chi connectivity index (χ3v) is 2.27. The van der Waals surface area contributed by atoms with Crippen molar-refractivity contribution in [2.24, 2.45) is 5.84 Å². The van der Waals surface area contributed by atoms with Gasteiger partial charge in [0, 0.05) is 6.07 Å². The van der Waals surface area contributed by atoms with Crippen molar-refractivity contribution in [3.05, 3.63) is 41.7 Å². The van der Waals surface area contributed by atoms with E-state index in [1.807, 2.05) is 31.2 Å². The average molecular weight is 230 g/mol. The molecule has 2 aromatic rings. The fraction of sp³-hybridized carbons (Fsp3) is 0.167. The Kier molecular flexibility index (Phi) is 3.20. The number of ether oxygens (including phenoxy) is 1. The number of nitrogens with zero attached hydrogens (tertiary/aromatic N) is 2. The van der Waals surface area contributed by atoms with Crippen LogP contribution in [0.1, 0.15) is 11.4 Å². The predicted octanol–water partition coefficient (Wildman–Crippen LogP) is 2.17. The number of hydrogen-bond donors (Lipinski definition) is 2. The summed E-state index contributed by atoms with van der Waals surface area (Å²) in [5.41, 5.74) is 3.52. The number of para-hydroxylation sites is 1. The molecule has 1 aromatic heterocycles. The van der Waals surface area contributed by atoms with Crippen molar-refractivity contribution in [1.82, 2.24) is 9.97 Å². The van der Waals surface area contributed by atoms with Crippen LogP contribution in [-0.2, 0) is 0 Å². The summed E-state index contributed by atoms with van der Waals surface area (Å²) in [6.07, 6.45) is 0. The Hall–Kier alpha value is -2.14. The van der Waals surface area contributed by atoms with Gasteiger partial charge in [0.2, 0.25) is 5.88 Å². The Bertz CT molecular complexity index is 528. The third-order valence-electron chi connectivity index (χ3n) is 2.27. The standard InChI is InChI=1S/C12H14N4O/c1-8-5-3-4-6-10(8)17-12-7-11(16-13)14-9(2)15-12/h3-7H,13H2,1-2H3,(H,14,15,16). The van der Waals surface area contributed by atoms with Gasteiger partial charge in [-0.2, -0.15) is 4.98 Å². The fourth-order valence-corrected chi connectivity index (χ4v) is 1.45. The number of nitrogen functional groups attached to an aromatic ring is 1. The summed E-state index contributed by atoms with van der Waals surface area (Å²) in [5.74, 6) is 7.69. The lowest BCUT2D eigenvalue weighted by Gasteiger charge is -2.09. The van der Waals surface area contributed by atoms with E-state index in [1.54, 1.807) is 13.0 Å². The van der Waals surface area contributed by atoms with Gasteiger partial charge in [0.25, 0.3) is 0 Å². The van der Waals surface area contributed by atoms with E-state index < -0.39 is 0 Å². The molecule has 2 rings (SSSR count). The Morgan fingerprint density at radius 2 is 1.94 bits per heavy atom. The van der Waals surface area contributed by atoms with Gasteiger partial charge in [-0.3, -0.25) is 0 Å². The molecule has 1 aromatic carbocycles. The van der Waals surface area contributed by atoms with Gasteiger partial charge in [0.1, 0.15) is 17.4 Å². The van der Waals surface area contributed by atoms with E-state index in [0.29, 0.717) is 17.5 Å². The van der Waals surface area contributed by atoms with Crippen molar-refractivity contribution < 1.29 is 4.74 Å². The van der Waals surface area contributed by atoms with Gasteiger partial charge < -0.3 is 10.2 Å². The quantitative estimate of drug-likeness (QED) is 0.624. The van der Waals surface area contributed by atoms with Gasteiger partial charge in [-0.1, -0.05) is 18.2 Å². The first kappa shape index (κ1) is 11.3. The van der Waals surface area contributed by atoms with Crippen LogP contribution in [0, 0.1) is 13.8 Å². The maximum absolute atomic E-state index is 5.69. The van der Waals surface area contributed by atoms with Crippen molar-refractivity contribution in [2.75, 3.05) is 5.43 Å². The molecule has 0 aliphatic rings. The van der Waals surface area contributed by atoms with Crippen LogP contribution in [-0.4, -0.2) is 9.97 Å². The van der Waals surface area contributed by atoms with Crippen LogP contribution >= 0.6 is 0 Å². The first-order valence-corrected chi connectivity index (χ1v) is 5.25. The molecule has 88 valence electrons. The van der Waals surface area contributed by atoms with Crippen LogP contribution in [0.4, 0.5) is 5.82 Å². The summed E-state index contributed by atoms with van der Waals surface area (Å²) < 4.78 is 5.69. The highest BCUT2D eigenvalue weighted by molar-refractivity contribution is 5.40. The topological polar surface area (TPSA) is 73.1 Å². The fourth-order valence-electron chi connectivity index (χ4n) is 1.45. The lowest BCUT2D eigenvalue weighted by molar-refractivity contribution is 0.457. The van der Waals surface area contributed by atoms with Crippen LogP contribution in [0.15, 0.2) is 30.3 Å². The Labute approximate surface area is 99.6 Å². The van der Waals surface area contributed by atoms with E-state index >= 15 is 0 Å². The second-order valence-electron chi connectivity index (χ2n) is 3.65. The zero-order valence-corrected chi connectivity index (χ0v) is 9.77. The zero-order valence-electron chi connectivity index (χ0n) is 9.77. The van der Waals surface area contributed by atoms with Gasteiger partial charge in [-0.05, 0) is 25.5 Å². The zero-order chi connectivity index (χ0) is 12.3. The van der Waals surface area contributed by atoms with Crippen LogP contribution in [0.25, 0.3) is 0 Å². The highest BCUT2D eigenvalue weighted by Crippen LogP contribution is 2.24. The van der Waals surface area contributed by atoms with Crippen molar-refractivity contribution in [1.29, 1.82) is 0 Å². The molecule has 0 saturated carbocycles. The number of rotatable bonds is 3. The number of anilines is 1. The summed E-state index contributed by atoms with van der Waals surface area (Å²) in [6, 6.07) is 9.39. The summed E-state index contributed by atoms with van der Waals surface area (Å²) in [5, 5.41) is 0. The lowest BCUT2D eigenvalue weighted by Crippen LogP contribution is -2.09. The molecular weight excluding hydrogens is 216 g/mol. The van der Waals surface area contributed by atoms with Crippen molar-refractivity contribution in [2.45, 2.75) is 13.8 Å². The smallest absolute Gasteiger partial charge is 0.224 e. The molecule has 0 spiro atoms.